The maximum absolute atomic E-state index is 13.1. The lowest BCUT2D eigenvalue weighted by atomic mass is 9.97. The molecule has 0 saturated carbocycles. The molecule has 0 radical (unpaired) electrons. The first-order valence-corrected chi connectivity index (χ1v) is 10.0. The van der Waals surface area contributed by atoms with Crippen molar-refractivity contribution in [2.45, 2.75) is 12.6 Å². The van der Waals surface area contributed by atoms with Gasteiger partial charge in [0.15, 0.2) is 5.82 Å². The zero-order valence-electron chi connectivity index (χ0n) is 17.4. The summed E-state index contributed by atoms with van der Waals surface area (Å²) in [6.45, 7) is 0.0205. The second kappa shape index (κ2) is 9.22. The number of hydrogen-bond donors (Lipinski definition) is 0. The van der Waals surface area contributed by atoms with Gasteiger partial charge in [0.1, 0.15) is 12.9 Å². The summed E-state index contributed by atoms with van der Waals surface area (Å²) >= 11 is 0. The molecule has 0 aliphatic heterocycles. The van der Waals surface area contributed by atoms with Gasteiger partial charge in [-0.3, -0.25) is 14.9 Å². The molecule has 0 saturated heterocycles. The zero-order valence-corrected chi connectivity index (χ0v) is 17.4. The van der Waals surface area contributed by atoms with Crippen molar-refractivity contribution in [2.24, 2.45) is 0 Å². The summed E-state index contributed by atoms with van der Waals surface area (Å²) in [5.74, 6) is 0.279. The predicted octanol–water partition coefficient (Wildman–Crippen LogP) is 4.10. The molecule has 0 spiro atoms. The Balaban J connectivity index is 1.53. The Morgan fingerprint density at radius 2 is 1.53 bits per heavy atom. The van der Waals surface area contributed by atoms with Crippen LogP contribution in [0.1, 0.15) is 17.2 Å². The Kier molecular flexibility index (Phi) is 6.03. The smallest absolute Gasteiger partial charge is 0.269 e. The third-order valence-electron chi connectivity index (χ3n) is 5.18. The number of non-ortho nitro benzene ring substituents is 1. The second-order valence-corrected chi connectivity index (χ2v) is 7.30. The number of carbonyl (C=O) groups is 1. The lowest BCUT2D eigenvalue weighted by molar-refractivity contribution is -0.384. The van der Waals surface area contributed by atoms with Crippen LogP contribution in [0.2, 0.25) is 0 Å². The molecule has 0 fully saturated rings. The van der Waals surface area contributed by atoms with Crippen molar-refractivity contribution in [1.82, 2.24) is 19.7 Å². The van der Waals surface area contributed by atoms with Crippen molar-refractivity contribution in [3.63, 3.8) is 0 Å². The highest BCUT2D eigenvalue weighted by atomic mass is 16.6. The average molecular weight is 427 g/mol. The van der Waals surface area contributed by atoms with E-state index in [0.717, 1.165) is 11.1 Å². The van der Waals surface area contributed by atoms with E-state index in [9.17, 15) is 14.9 Å². The van der Waals surface area contributed by atoms with Crippen LogP contribution in [0.3, 0.4) is 0 Å². The molecule has 0 atom stereocenters. The van der Waals surface area contributed by atoms with Gasteiger partial charge in [0.05, 0.1) is 11.0 Å². The summed E-state index contributed by atoms with van der Waals surface area (Å²) in [5.41, 5.74) is 2.67. The quantitative estimate of drug-likeness (QED) is 0.327. The van der Waals surface area contributed by atoms with Crippen LogP contribution in [0.25, 0.3) is 11.4 Å². The molecular formula is C24H21N5O3. The lowest BCUT2D eigenvalue weighted by Crippen LogP contribution is -2.34. The van der Waals surface area contributed by atoms with E-state index < -0.39 is 4.92 Å². The van der Waals surface area contributed by atoms with Crippen LogP contribution < -0.4 is 0 Å². The number of nitrogens with zero attached hydrogens (tertiary/aromatic N) is 5. The standard InChI is InChI=1S/C24H21N5O3/c1-27(23(18-8-4-2-5-9-18)19-10-6-3-7-11-19)22(30)16-28-17-25-24(26-28)20-12-14-21(15-13-20)29(31)32/h2-15,17,23H,16H2,1H3. The van der Waals surface area contributed by atoms with Crippen LogP contribution >= 0.6 is 0 Å². The Hall–Kier alpha value is -4.33. The number of hydrogen-bond acceptors (Lipinski definition) is 5. The maximum atomic E-state index is 13.1. The molecule has 0 aliphatic rings. The summed E-state index contributed by atoms with van der Waals surface area (Å²) in [6, 6.07) is 25.5. The number of likely N-dealkylation sites (N-methyl/N-ethyl adjacent to an activating group) is 1. The average Bonchev–Trinajstić information content (AvgIpc) is 3.29. The monoisotopic (exact) mass is 427 g/mol. The van der Waals surface area contributed by atoms with E-state index in [0.29, 0.717) is 11.4 Å². The van der Waals surface area contributed by atoms with Gasteiger partial charge < -0.3 is 4.90 Å². The first-order valence-electron chi connectivity index (χ1n) is 10.0. The molecule has 1 aromatic heterocycles. The first kappa shape index (κ1) is 20.9. The van der Waals surface area contributed by atoms with E-state index in [1.807, 2.05) is 60.7 Å². The number of carbonyl (C=O) groups excluding carboxylic acids is 1. The van der Waals surface area contributed by atoms with Crippen molar-refractivity contribution < 1.29 is 9.72 Å². The van der Waals surface area contributed by atoms with Gasteiger partial charge in [0.25, 0.3) is 5.69 Å². The Morgan fingerprint density at radius 1 is 0.969 bits per heavy atom. The summed E-state index contributed by atoms with van der Waals surface area (Å²) in [4.78, 5) is 29.4. The van der Waals surface area contributed by atoms with Gasteiger partial charge in [-0.25, -0.2) is 9.67 Å². The van der Waals surface area contributed by atoms with E-state index >= 15 is 0 Å². The van der Waals surface area contributed by atoms with Gasteiger partial charge in [-0.1, -0.05) is 60.7 Å². The zero-order chi connectivity index (χ0) is 22.5. The predicted molar refractivity (Wildman–Crippen MR) is 120 cm³/mol. The number of aromatic nitrogens is 3. The SMILES string of the molecule is CN(C(=O)Cn1cnc(-c2ccc([N+](=O)[O-])cc2)n1)C(c1ccccc1)c1ccccc1. The highest BCUT2D eigenvalue weighted by molar-refractivity contribution is 5.76. The molecule has 1 heterocycles. The molecule has 0 unspecified atom stereocenters. The number of nitro groups is 1. The Labute approximate surface area is 184 Å². The number of benzene rings is 3. The molecule has 4 aromatic rings. The largest absolute Gasteiger partial charge is 0.333 e. The third kappa shape index (κ3) is 4.54. The van der Waals surface area contributed by atoms with Gasteiger partial charge in [-0.05, 0) is 23.3 Å². The van der Waals surface area contributed by atoms with Gasteiger partial charge in [-0.15, -0.1) is 0 Å². The van der Waals surface area contributed by atoms with Crippen LogP contribution in [0.15, 0.2) is 91.3 Å². The Bertz CT molecular complexity index is 1170. The summed E-state index contributed by atoms with van der Waals surface area (Å²) < 4.78 is 1.47. The molecule has 0 aliphatic carbocycles. The maximum Gasteiger partial charge on any atom is 0.269 e. The van der Waals surface area contributed by atoms with E-state index in [-0.39, 0.29) is 24.2 Å². The van der Waals surface area contributed by atoms with Crippen LogP contribution in [-0.2, 0) is 11.3 Å². The minimum Gasteiger partial charge on any atom is -0.333 e. The van der Waals surface area contributed by atoms with E-state index in [1.54, 1.807) is 24.1 Å². The van der Waals surface area contributed by atoms with E-state index in [2.05, 4.69) is 10.1 Å². The topological polar surface area (TPSA) is 94.2 Å². The van der Waals surface area contributed by atoms with E-state index in [1.165, 1.54) is 23.1 Å². The summed E-state index contributed by atoms with van der Waals surface area (Å²) in [6.07, 6.45) is 1.49. The molecule has 3 aromatic carbocycles. The Morgan fingerprint density at radius 3 is 2.06 bits per heavy atom. The highest BCUT2D eigenvalue weighted by Crippen LogP contribution is 2.27. The molecule has 160 valence electrons. The van der Waals surface area contributed by atoms with E-state index in [4.69, 9.17) is 0 Å². The van der Waals surface area contributed by atoms with Gasteiger partial charge in [0.2, 0.25) is 5.91 Å². The highest BCUT2D eigenvalue weighted by Gasteiger charge is 2.24. The number of nitro benzene ring substituents is 1. The van der Waals surface area contributed by atoms with Crippen LogP contribution in [0.5, 0.6) is 0 Å². The fourth-order valence-electron chi connectivity index (χ4n) is 3.54. The minimum absolute atomic E-state index is 0.00199. The van der Waals surface area contributed by atoms with Crippen molar-refractivity contribution in [1.29, 1.82) is 0 Å². The van der Waals surface area contributed by atoms with Crippen molar-refractivity contribution in [2.75, 3.05) is 7.05 Å². The van der Waals surface area contributed by atoms with Crippen LogP contribution in [-0.4, -0.2) is 37.5 Å². The van der Waals surface area contributed by atoms with Gasteiger partial charge in [-0.2, -0.15) is 5.10 Å². The fraction of sp³-hybridized carbons (Fsp3) is 0.125. The molecule has 32 heavy (non-hydrogen) atoms. The number of rotatable bonds is 7. The first-order chi connectivity index (χ1) is 15.5. The van der Waals surface area contributed by atoms with Gasteiger partial charge >= 0.3 is 0 Å². The molecule has 8 nitrogen and oxygen atoms in total. The number of amides is 1. The van der Waals surface area contributed by atoms with Crippen molar-refractivity contribution in [3.05, 3.63) is 112 Å². The lowest BCUT2D eigenvalue weighted by Gasteiger charge is -2.29. The molecule has 0 bridgehead atoms. The van der Waals surface area contributed by atoms with Gasteiger partial charge in [0, 0.05) is 24.7 Å². The summed E-state index contributed by atoms with van der Waals surface area (Å²) in [7, 11) is 1.78. The van der Waals surface area contributed by atoms with Crippen molar-refractivity contribution in [3.8, 4) is 11.4 Å². The fourth-order valence-corrected chi connectivity index (χ4v) is 3.54. The molecule has 8 heteroatoms. The third-order valence-corrected chi connectivity index (χ3v) is 5.18. The molecule has 0 N–H and O–H groups in total. The molecular weight excluding hydrogens is 406 g/mol. The van der Waals surface area contributed by atoms with Crippen LogP contribution in [0.4, 0.5) is 5.69 Å². The second-order valence-electron chi connectivity index (χ2n) is 7.30. The molecule has 4 rings (SSSR count). The summed E-state index contributed by atoms with van der Waals surface area (Å²) in [5, 5.41) is 15.2. The van der Waals surface area contributed by atoms with Crippen LogP contribution in [0, 0.1) is 10.1 Å². The minimum atomic E-state index is -0.458. The molecule has 1 amide bonds. The normalized spacial score (nSPS) is 10.8. The van der Waals surface area contributed by atoms with Crippen molar-refractivity contribution >= 4 is 11.6 Å².